The van der Waals surface area contributed by atoms with Crippen molar-refractivity contribution in [1.82, 2.24) is 0 Å². The number of rotatable bonds is 0. The van der Waals surface area contributed by atoms with Gasteiger partial charge in [0.2, 0.25) is 0 Å². The average Bonchev–Trinajstić information content (AvgIpc) is 1.65. The summed E-state index contributed by atoms with van der Waals surface area (Å²) in [7, 11) is 0. The zero-order chi connectivity index (χ0) is 6.04. The second-order valence-electron chi connectivity index (χ2n) is 1.59. The van der Waals surface area contributed by atoms with Crippen LogP contribution in [0.2, 0.25) is 0 Å². The number of hydrogen-bond acceptors (Lipinski definition) is 0. The van der Waals surface area contributed by atoms with Crippen LogP contribution in [0.25, 0.3) is 0 Å². The maximum absolute atomic E-state index is 12.6. The van der Waals surface area contributed by atoms with Gasteiger partial charge in [0.1, 0.15) is 0 Å². The lowest BCUT2D eigenvalue weighted by atomic mass is 10.2. The molecule has 0 heterocycles. The molecule has 0 amide bonds. The Morgan fingerprint density at radius 2 is 2.00 bits per heavy atom. The van der Waals surface area contributed by atoms with E-state index in [1.807, 2.05) is 0 Å². The molecule has 1 aliphatic carbocycles. The number of allylic oxidation sites excluding steroid dienone is 4. The molecule has 0 spiro atoms. The van der Waals surface area contributed by atoms with Crippen molar-refractivity contribution in [3.8, 4) is 0 Å². The van der Waals surface area contributed by atoms with E-state index >= 15 is 0 Å². The Kier molecular flexibility index (Phi) is 1.52. The molecule has 2 heteroatoms. The Balaban J connectivity index is 2.65. The summed E-state index contributed by atoms with van der Waals surface area (Å²) in [6.45, 7) is 0. The second-order valence-corrected chi connectivity index (χ2v) is 2.80. The maximum atomic E-state index is 12.6. The normalized spacial score (nSPS) is 35.8. The molecule has 1 unspecified atom stereocenters. The van der Waals surface area contributed by atoms with Gasteiger partial charge in [0.15, 0.2) is 4.58 Å². The van der Waals surface area contributed by atoms with Crippen molar-refractivity contribution in [3.63, 3.8) is 0 Å². The van der Waals surface area contributed by atoms with E-state index in [2.05, 4.69) is 15.9 Å². The highest BCUT2D eigenvalue weighted by Gasteiger charge is 2.20. The molecule has 0 nitrogen and oxygen atoms in total. The lowest BCUT2D eigenvalue weighted by molar-refractivity contribution is 0.417. The smallest absolute Gasteiger partial charge is 0.190 e. The van der Waals surface area contributed by atoms with Crippen LogP contribution in [0.5, 0.6) is 0 Å². The van der Waals surface area contributed by atoms with Gasteiger partial charge < -0.3 is 0 Å². The SMILES string of the molecule is FC1(Br)[CH]C=CC=C1. The van der Waals surface area contributed by atoms with Crippen LogP contribution >= 0.6 is 15.9 Å². The van der Waals surface area contributed by atoms with Gasteiger partial charge in [-0.05, 0) is 22.0 Å². The van der Waals surface area contributed by atoms with Crippen LogP contribution in [-0.2, 0) is 0 Å². The molecule has 0 saturated carbocycles. The first-order chi connectivity index (χ1) is 3.71. The Morgan fingerprint density at radius 1 is 1.25 bits per heavy atom. The number of halogens is 2. The zero-order valence-electron chi connectivity index (χ0n) is 4.14. The van der Waals surface area contributed by atoms with Crippen LogP contribution in [0.3, 0.4) is 0 Å². The van der Waals surface area contributed by atoms with E-state index in [9.17, 15) is 4.39 Å². The van der Waals surface area contributed by atoms with Gasteiger partial charge in [0.25, 0.3) is 0 Å². The fourth-order valence-corrected chi connectivity index (χ4v) is 0.793. The molecule has 43 valence electrons. The minimum atomic E-state index is -1.40. The number of hydrogen-bond donors (Lipinski definition) is 0. The van der Waals surface area contributed by atoms with Gasteiger partial charge in [-0.3, -0.25) is 0 Å². The topological polar surface area (TPSA) is 0 Å². The predicted octanol–water partition coefficient (Wildman–Crippen LogP) is 2.38. The summed E-state index contributed by atoms with van der Waals surface area (Å²) in [5, 5.41) is 0. The maximum Gasteiger partial charge on any atom is 0.190 e. The highest BCUT2D eigenvalue weighted by molar-refractivity contribution is 9.10. The molecule has 1 atom stereocenters. The quantitative estimate of drug-likeness (QED) is 0.497. The molecule has 0 aromatic heterocycles. The van der Waals surface area contributed by atoms with E-state index in [0.717, 1.165) is 0 Å². The third kappa shape index (κ3) is 1.44. The number of alkyl halides is 2. The summed E-state index contributed by atoms with van der Waals surface area (Å²) in [4.78, 5) is 0. The van der Waals surface area contributed by atoms with Gasteiger partial charge in [0.05, 0.1) is 0 Å². The Labute approximate surface area is 56.2 Å². The highest BCUT2D eigenvalue weighted by Crippen LogP contribution is 2.27. The van der Waals surface area contributed by atoms with E-state index < -0.39 is 4.58 Å². The summed E-state index contributed by atoms with van der Waals surface area (Å²) >= 11 is 2.83. The predicted molar refractivity (Wildman–Crippen MR) is 35.3 cm³/mol. The van der Waals surface area contributed by atoms with Crippen molar-refractivity contribution < 1.29 is 4.39 Å². The van der Waals surface area contributed by atoms with Crippen molar-refractivity contribution in [3.05, 3.63) is 30.7 Å². The van der Waals surface area contributed by atoms with Crippen molar-refractivity contribution in [2.45, 2.75) is 4.58 Å². The molecule has 8 heavy (non-hydrogen) atoms. The highest BCUT2D eigenvalue weighted by atomic mass is 79.9. The third-order valence-electron chi connectivity index (χ3n) is 0.859. The van der Waals surface area contributed by atoms with Crippen molar-refractivity contribution in [1.29, 1.82) is 0 Å². The molecule has 0 aromatic rings. The largest absolute Gasteiger partial charge is 0.226 e. The molecule has 0 aliphatic heterocycles. The van der Waals surface area contributed by atoms with Crippen molar-refractivity contribution in [2.75, 3.05) is 0 Å². The Bertz CT molecular complexity index is 135. The molecule has 0 fully saturated rings. The zero-order valence-corrected chi connectivity index (χ0v) is 5.73. The molecular weight excluding hydrogens is 171 g/mol. The molecule has 1 rings (SSSR count). The van der Waals surface area contributed by atoms with Gasteiger partial charge in [-0.2, -0.15) is 0 Å². The summed E-state index contributed by atoms with van der Waals surface area (Å²) < 4.78 is 11.2. The molecule has 1 aliphatic rings. The van der Waals surface area contributed by atoms with Gasteiger partial charge >= 0.3 is 0 Å². The van der Waals surface area contributed by atoms with E-state index in [4.69, 9.17) is 0 Å². The summed E-state index contributed by atoms with van der Waals surface area (Å²) in [6, 6.07) is 0. The monoisotopic (exact) mass is 175 g/mol. The lowest BCUT2D eigenvalue weighted by Gasteiger charge is -2.11. The van der Waals surface area contributed by atoms with Gasteiger partial charge in [-0.1, -0.05) is 18.2 Å². The minimum Gasteiger partial charge on any atom is -0.226 e. The molecule has 0 bridgehead atoms. The second kappa shape index (κ2) is 2.02. The van der Waals surface area contributed by atoms with Crippen LogP contribution in [0.1, 0.15) is 0 Å². The van der Waals surface area contributed by atoms with E-state index in [1.165, 1.54) is 12.5 Å². The van der Waals surface area contributed by atoms with Gasteiger partial charge in [-0.25, -0.2) is 4.39 Å². The van der Waals surface area contributed by atoms with E-state index in [0.29, 0.717) is 0 Å². The van der Waals surface area contributed by atoms with Crippen LogP contribution < -0.4 is 0 Å². The average molecular weight is 176 g/mol. The Morgan fingerprint density at radius 3 is 2.25 bits per heavy atom. The third-order valence-corrected chi connectivity index (χ3v) is 1.39. The summed E-state index contributed by atoms with van der Waals surface area (Å²) in [5.74, 6) is 0. The molecule has 1 radical (unpaired) electrons. The molecule has 0 N–H and O–H groups in total. The summed E-state index contributed by atoms with van der Waals surface area (Å²) in [5.41, 5.74) is 0. The molecular formula is C6H5BrF. The first kappa shape index (κ1) is 6.02. The fraction of sp³-hybridized carbons (Fsp3) is 0.167. The minimum absolute atomic E-state index is 1.40. The lowest BCUT2D eigenvalue weighted by Crippen LogP contribution is -2.09. The van der Waals surface area contributed by atoms with Gasteiger partial charge in [0, 0.05) is 6.42 Å². The Hall–Kier alpha value is -0.110. The van der Waals surface area contributed by atoms with Crippen molar-refractivity contribution >= 4 is 15.9 Å². The molecule has 0 saturated heterocycles. The first-order valence-electron chi connectivity index (χ1n) is 2.29. The first-order valence-corrected chi connectivity index (χ1v) is 3.08. The van der Waals surface area contributed by atoms with Crippen LogP contribution in [0.4, 0.5) is 4.39 Å². The van der Waals surface area contributed by atoms with E-state index in [1.54, 1.807) is 18.2 Å². The van der Waals surface area contributed by atoms with Crippen LogP contribution in [0, 0.1) is 6.42 Å². The van der Waals surface area contributed by atoms with Crippen molar-refractivity contribution in [2.24, 2.45) is 0 Å². The summed E-state index contributed by atoms with van der Waals surface area (Å²) in [6.07, 6.45) is 7.97. The standard InChI is InChI=1S/C6H5BrF/c7-6(8)4-2-1-3-5-6/h1-5H. The molecule has 0 aromatic carbocycles. The van der Waals surface area contributed by atoms with E-state index in [-0.39, 0.29) is 0 Å². The van der Waals surface area contributed by atoms with Gasteiger partial charge in [-0.15, -0.1) is 0 Å². The van der Waals surface area contributed by atoms with Crippen LogP contribution in [0.15, 0.2) is 24.3 Å². The fourth-order valence-electron chi connectivity index (χ4n) is 0.487. The van der Waals surface area contributed by atoms with Crippen LogP contribution in [-0.4, -0.2) is 4.58 Å².